The zero-order valence-corrected chi connectivity index (χ0v) is 16.5. The highest BCUT2D eigenvalue weighted by Crippen LogP contribution is 2.16. The van der Waals surface area contributed by atoms with Crippen molar-refractivity contribution in [1.29, 1.82) is 10.8 Å². The van der Waals surface area contributed by atoms with E-state index in [1.54, 1.807) is 48.5 Å². The fourth-order valence-corrected chi connectivity index (χ4v) is 2.53. The number of hydrogen-bond acceptors (Lipinski definition) is 4. The summed E-state index contributed by atoms with van der Waals surface area (Å²) >= 11 is 0. The Morgan fingerprint density at radius 3 is 1.17 bits per heavy atom. The van der Waals surface area contributed by atoms with Crippen LogP contribution in [-0.4, -0.2) is 11.7 Å². The number of ether oxygens (including phenoxy) is 2. The van der Waals surface area contributed by atoms with E-state index in [1.807, 2.05) is 24.3 Å². The van der Waals surface area contributed by atoms with Crippen molar-refractivity contribution < 1.29 is 9.47 Å². The van der Waals surface area contributed by atoms with Crippen molar-refractivity contribution in [1.82, 2.24) is 0 Å². The molecule has 0 aliphatic carbocycles. The summed E-state index contributed by atoms with van der Waals surface area (Å²) in [7, 11) is 0. The zero-order chi connectivity index (χ0) is 19.9. The first-order chi connectivity index (χ1) is 13.5. The molecular weight excluding hydrogens is 388 g/mol. The predicted octanol–water partition coefficient (Wildman–Crippen LogP) is 3.83. The zero-order valence-electron chi connectivity index (χ0n) is 15.7. The summed E-state index contributed by atoms with van der Waals surface area (Å²) in [6, 6.07) is 22.3. The van der Waals surface area contributed by atoms with Crippen molar-refractivity contribution in [2.24, 2.45) is 11.5 Å². The number of nitrogen functional groups attached to an aromatic ring is 2. The summed E-state index contributed by atoms with van der Waals surface area (Å²) in [6.07, 6.45) is 0. The van der Waals surface area contributed by atoms with Gasteiger partial charge in [0.25, 0.3) is 0 Å². The van der Waals surface area contributed by atoms with Crippen LogP contribution in [0.25, 0.3) is 0 Å². The first kappa shape index (κ1) is 21.8. The van der Waals surface area contributed by atoms with Gasteiger partial charge >= 0.3 is 0 Å². The molecule has 3 aromatic rings. The van der Waals surface area contributed by atoms with Crippen LogP contribution in [0.15, 0.2) is 72.8 Å². The summed E-state index contributed by atoms with van der Waals surface area (Å²) in [5.74, 6) is 1.54. The van der Waals surface area contributed by atoms with E-state index in [0.717, 1.165) is 22.6 Å². The van der Waals surface area contributed by atoms with Crippen LogP contribution >= 0.6 is 12.4 Å². The van der Waals surface area contributed by atoms with Crippen LogP contribution in [0.3, 0.4) is 0 Å². The molecule has 0 saturated heterocycles. The fourth-order valence-electron chi connectivity index (χ4n) is 2.53. The predicted molar refractivity (Wildman–Crippen MR) is 117 cm³/mol. The molecule has 3 aromatic carbocycles. The molecule has 0 radical (unpaired) electrons. The molecule has 0 aliphatic heterocycles. The van der Waals surface area contributed by atoms with E-state index in [1.165, 1.54) is 0 Å². The highest BCUT2D eigenvalue weighted by atomic mass is 35.5. The van der Waals surface area contributed by atoms with Crippen molar-refractivity contribution in [3.8, 4) is 11.5 Å². The Kier molecular flexibility index (Phi) is 7.62. The van der Waals surface area contributed by atoms with E-state index < -0.39 is 0 Å². The van der Waals surface area contributed by atoms with Crippen molar-refractivity contribution in [3.05, 3.63) is 95.1 Å². The second-order valence-corrected chi connectivity index (χ2v) is 6.27. The molecule has 0 fully saturated rings. The van der Waals surface area contributed by atoms with Gasteiger partial charge in [-0.1, -0.05) is 24.3 Å². The first-order valence-corrected chi connectivity index (χ1v) is 8.73. The number of rotatable bonds is 8. The van der Waals surface area contributed by atoms with Gasteiger partial charge in [0.15, 0.2) is 0 Å². The van der Waals surface area contributed by atoms with E-state index >= 15 is 0 Å². The van der Waals surface area contributed by atoms with Gasteiger partial charge in [0.2, 0.25) is 0 Å². The maximum atomic E-state index is 7.39. The largest absolute Gasteiger partial charge is 0.489 e. The Balaban J connectivity index is 0.00000300. The van der Waals surface area contributed by atoms with E-state index in [0.29, 0.717) is 24.3 Å². The molecule has 0 saturated carbocycles. The van der Waals surface area contributed by atoms with Gasteiger partial charge in [-0.2, -0.15) is 0 Å². The molecule has 0 unspecified atom stereocenters. The smallest absolute Gasteiger partial charge is 0.122 e. The topological polar surface area (TPSA) is 118 Å². The monoisotopic (exact) mass is 410 g/mol. The minimum Gasteiger partial charge on any atom is -0.489 e. The van der Waals surface area contributed by atoms with Crippen molar-refractivity contribution in [2.75, 3.05) is 0 Å². The van der Waals surface area contributed by atoms with Gasteiger partial charge < -0.3 is 20.9 Å². The van der Waals surface area contributed by atoms with Gasteiger partial charge in [0.05, 0.1) is 0 Å². The Morgan fingerprint density at radius 2 is 0.897 bits per heavy atom. The molecule has 7 heteroatoms. The van der Waals surface area contributed by atoms with E-state index in [4.69, 9.17) is 31.8 Å². The second-order valence-electron chi connectivity index (χ2n) is 6.27. The molecule has 150 valence electrons. The number of nitrogens with one attached hydrogen (secondary N) is 2. The van der Waals surface area contributed by atoms with Gasteiger partial charge in [-0.05, 0) is 59.7 Å². The van der Waals surface area contributed by atoms with Gasteiger partial charge in [-0.3, -0.25) is 10.8 Å². The number of halogens is 1. The Morgan fingerprint density at radius 1 is 0.586 bits per heavy atom. The Hall–Kier alpha value is -3.51. The number of amidine groups is 2. The molecule has 29 heavy (non-hydrogen) atoms. The standard InChI is InChI=1S/C22H22N4O2.ClH/c23-21(24)17-5-9-19(10-6-17)27-13-15-1-2-16(4-3-15)14-28-20-11-7-18(8-12-20)22(25)26;/h1-12H,13-14H2,(H3,23,24)(H3,25,26);1H. The molecule has 3 rings (SSSR count). The maximum absolute atomic E-state index is 7.39. The van der Waals surface area contributed by atoms with Crippen LogP contribution in [0.4, 0.5) is 0 Å². The molecule has 0 amide bonds. The number of hydrogen-bond donors (Lipinski definition) is 4. The van der Waals surface area contributed by atoms with E-state index in [2.05, 4.69) is 0 Å². The van der Waals surface area contributed by atoms with Crippen molar-refractivity contribution >= 4 is 24.1 Å². The molecule has 6 N–H and O–H groups in total. The van der Waals surface area contributed by atoms with E-state index in [-0.39, 0.29) is 24.1 Å². The highest BCUT2D eigenvalue weighted by molar-refractivity contribution is 5.95. The summed E-state index contributed by atoms with van der Waals surface area (Å²) < 4.78 is 11.5. The minimum atomic E-state index is 0. The molecule has 0 spiro atoms. The molecular formula is C22H23ClN4O2. The van der Waals surface area contributed by atoms with Crippen molar-refractivity contribution in [3.63, 3.8) is 0 Å². The third-order valence-electron chi connectivity index (χ3n) is 4.16. The number of benzene rings is 3. The lowest BCUT2D eigenvalue weighted by Crippen LogP contribution is -2.10. The van der Waals surface area contributed by atoms with E-state index in [9.17, 15) is 0 Å². The SMILES string of the molecule is Cl.N=C(N)c1ccc(OCc2ccc(COc3ccc(C(=N)N)cc3)cc2)cc1. The average molecular weight is 411 g/mol. The number of nitrogens with two attached hydrogens (primary N) is 2. The Labute approximate surface area is 175 Å². The molecule has 0 atom stereocenters. The summed E-state index contributed by atoms with van der Waals surface area (Å²) in [4.78, 5) is 0. The molecule has 6 nitrogen and oxygen atoms in total. The fraction of sp³-hybridized carbons (Fsp3) is 0.0909. The summed E-state index contributed by atoms with van der Waals surface area (Å²) in [5.41, 5.74) is 14.3. The normalized spacial score (nSPS) is 9.93. The molecule has 0 aromatic heterocycles. The molecule has 0 aliphatic rings. The van der Waals surface area contributed by atoms with Gasteiger partial charge in [0.1, 0.15) is 36.4 Å². The third-order valence-corrected chi connectivity index (χ3v) is 4.16. The summed E-state index contributed by atoms with van der Waals surface area (Å²) in [5, 5.41) is 14.8. The maximum Gasteiger partial charge on any atom is 0.122 e. The van der Waals surface area contributed by atoms with Crippen molar-refractivity contribution in [2.45, 2.75) is 13.2 Å². The van der Waals surface area contributed by atoms with Crippen LogP contribution in [0, 0.1) is 10.8 Å². The van der Waals surface area contributed by atoms with Crippen LogP contribution in [0.2, 0.25) is 0 Å². The molecule has 0 bridgehead atoms. The van der Waals surface area contributed by atoms with Gasteiger partial charge in [0, 0.05) is 11.1 Å². The minimum absolute atomic E-state index is 0. The lowest BCUT2D eigenvalue weighted by atomic mass is 10.1. The van der Waals surface area contributed by atoms with Gasteiger partial charge in [-0.25, -0.2) is 0 Å². The quantitative estimate of drug-likeness (QED) is 0.333. The van der Waals surface area contributed by atoms with Gasteiger partial charge in [-0.15, -0.1) is 12.4 Å². The van der Waals surface area contributed by atoms with Crippen LogP contribution in [0.1, 0.15) is 22.3 Å². The Bertz CT molecular complexity index is 875. The third kappa shape index (κ3) is 6.26. The lowest BCUT2D eigenvalue weighted by molar-refractivity contribution is 0.302. The summed E-state index contributed by atoms with van der Waals surface area (Å²) in [6.45, 7) is 0.903. The molecule has 0 heterocycles. The first-order valence-electron chi connectivity index (χ1n) is 8.73. The average Bonchev–Trinajstić information content (AvgIpc) is 2.72. The van der Waals surface area contributed by atoms with Crippen LogP contribution in [0.5, 0.6) is 11.5 Å². The van der Waals surface area contributed by atoms with Crippen LogP contribution in [-0.2, 0) is 13.2 Å². The highest BCUT2D eigenvalue weighted by Gasteiger charge is 2.01. The van der Waals surface area contributed by atoms with Crippen LogP contribution < -0.4 is 20.9 Å². The second kappa shape index (κ2) is 10.1. The lowest BCUT2D eigenvalue weighted by Gasteiger charge is -2.09.